The molecule has 2 rings (SSSR count). The lowest BCUT2D eigenvalue weighted by molar-refractivity contribution is -0.385. The largest absolute Gasteiger partial charge is 0.319 e. The van der Waals surface area contributed by atoms with Crippen molar-refractivity contribution in [3.8, 4) is 0 Å². The van der Waals surface area contributed by atoms with E-state index in [0.29, 0.717) is 11.4 Å². The molecule has 2 aromatic rings. The monoisotopic (exact) mass is 352 g/mol. The third kappa shape index (κ3) is 2.80. The van der Waals surface area contributed by atoms with E-state index in [1.807, 2.05) is 6.92 Å². The molecule has 0 saturated heterocycles. The van der Waals surface area contributed by atoms with Crippen LogP contribution in [0.25, 0.3) is 0 Å². The molecule has 0 saturated carbocycles. The Morgan fingerprint density at radius 3 is 2.62 bits per heavy atom. The topological polar surface area (TPSA) is 90.1 Å². The molecule has 0 aliphatic carbocycles. The normalized spacial score (nSPS) is 10.5. The van der Waals surface area contributed by atoms with Gasteiger partial charge in [-0.2, -0.15) is 5.10 Å². The fourth-order valence-corrected chi connectivity index (χ4v) is 2.56. The van der Waals surface area contributed by atoms with Crippen molar-refractivity contribution in [3.05, 3.63) is 49.7 Å². The Hall–Kier alpha value is -2.22. The predicted octanol–water partition coefficient (Wildman–Crippen LogP) is 2.96. The Balaban J connectivity index is 2.37. The molecule has 0 spiro atoms. The van der Waals surface area contributed by atoms with Gasteiger partial charge in [-0.1, -0.05) is 6.07 Å². The molecule has 0 aliphatic heterocycles. The molecule has 0 unspecified atom stereocenters. The molecule has 8 heteroatoms. The van der Waals surface area contributed by atoms with Crippen LogP contribution in [0.3, 0.4) is 0 Å². The zero-order valence-electron chi connectivity index (χ0n) is 11.7. The summed E-state index contributed by atoms with van der Waals surface area (Å²) in [7, 11) is 1.78. The molecule has 21 heavy (non-hydrogen) atoms. The molecule has 1 aromatic heterocycles. The van der Waals surface area contributed by atoms with E-state index in [4.69, 9.17) is 0 Å². The highest BCUT2D eigenvalue weighted by molar-refractivity contribution is 9.10. The number of nitrogens with one attached hydrogen (secondary N) is 1. The Bertz CT molecular complexity index is 739. The smallest absolute Gasteiger partial charge is 0.284 e. The van der Waals surface area contributed by atoms with Crippen LogP contribution in [0, 0.1) is 24.0 Å². The number of aromatic nitrogens is 2. The van der Waals surface area contributed by atoms with Crippen LogP contribution in [0.1, 0.15) is 21.7 Å². The number of benzene rings is 1. The number of halogens is 1. The molecule has 0 aliphatic rings. The maximum atomic E-state index is 12.3. The molecule has 1 heterocycles. The number of aryl methyl sites for hydroxylation is 2. The first-order valence-corrected chi connectivity index (χ1v) is 6.86. The van der Waals surface area contributed by atoms with Crippen molar-refractivity contribution in [1.82, 2.24) is 9.78 Å². The highest BCUT2D eigenvalue weighted by Crippen LogP contribution is 2.29. The van der Waals surface area contributed by atoms with E-state index in [2.05, 4.69) is 26.3 Å². The highest BCUT2D eigenvalue weighted by atomic mass is 79.9. The quantitative estimate of drug-likeness (QED) is 0.679. The third-order valence-corrected chi connectivity index (χ3v) is 4.00. The number of hydrogen-bond acceptors (Lipinski definition) is 4. The third-order valence-electron chi connectivity index (χ3n) is 3.17. The van der Waals surface area contributed by atoms with Gasteiger partial charge in [0.2, 0.25) is 0 Å². The number of hydrogen-bond donors (Lipinski definition) is 1. The van der Waals surface area contributed by atoms with Crippen LogP contribution in [0.2, 0.25) is 0 Å². The second-order valence-electron chi connectivity index (χ2n) is 4.52. The summed E-state index contributed by atoms with van der Waals surface area (Å²) in [6.07, 6.45) is 0. The van der Waals surface area contributed by atoms with E-state index in [1.54, 1.807) is 18.7 Å². The lowest BCUT2D eigenvalue weighted by atomic mass is 10.2. The minimum Gasteiger partial charge on any atom is -0.319 e. The number of nitro benzene ring substituents is 1. The summed E-state index contributed by atoms with van der Waals surface area (Å²) in [5.41, 5.74) is 2.15. The summed E-state index contributed by atoms with van der Waals surface area (Å²) in [5.74, 6) is -0.426. The molecule has 1 amide bonds. The SMILES string of the molecule is Cc1nn(C)c(C)c1NC(=O)c1cccc([N+](=O)[O-])c1Br. The molecule has 7 nitrogen and oxygen atoms in total. The molecule has 110 valence electrons. The van der Waals surface area contributed by atoms with Crippen LogP contribution in [0.15, 0.2) is 22.7 Å². The number of carbonyl (C=O) groups excluding carboxylic acids is 1. The minimum absolute atomic E-state index is 0.151. The van der Waals surface area contributed by atoms with Crippen molar-refractivity contribution in [2.75, 3.05) is 5.32 Å². The number of nitro groups is 1. The fraction of sp³-hybridized carbons (Fsp3) is 0.231. The summed E-state index contributed by atoms with van der Waals surface area (Å²) in [4.78, 5) is 22.7. The maximum absolute atomic E-state index is 12.3. The number of nitrogens with zero attached hydrogens (tertiary/aromatic N) is 3. The first-order chi connectivity index (χ1) is 9.82. The molecule has 0 fully saturated rings. The molecule has 1 aromatic carbocycles. The Labute approximate surface area is 129 Å². The molecule has 1 N–H and O–H groups in total. The van der Waals surface area contributed by atoms with Crippen LogP contribution in [0.4, 0.5) is 11.4 Å². The first-order valence-electron chi connectivity index (χ1n) is 6.07. The van der Waals surface area contributed by atoms with Gasteiger partial charge in [-0.05, 0) is 35.8 Å². The van der Waals surface area contributed by atoms with Gasteiger partial charge in [-0.3, -0.25) is 19.6 Å². The average molecular weight is 353 g/mol. The Kier molecular flexibility index (Phi) is 4.08. The van der Waals surface area contributed by atoms with Crippen molar-refractivity contribution in [3.63, 3.8) is 0 Å². The number of anilines is 1. The summed E-state index contributed by atoms with van der Waals surface area (Å²) in [6.45, 7) is 3.61. The lowest BCUT2D eigenvalue weighted by Crippen LogP contribution is -2.14. The van der Waals surface area contributed by atoms with E-state index in [9.17, 15) is 14.9 Å². The van der Waals surface area contributed by atoms with Crippen LogP contribution in [-0.4, -0.2) is 20.6 Å². The van der Waals surface area contributed by atoms with Gasteiger partial charge in [0.1, 0.15) is 4.47 Å². The van der Waals surface area contributed by atoms with Gasteiger partial charge in [0.15, 0.2) is 0 Å². The van der Waals surface area contributed by atoms with Gasteiger partial charge in [0.05, 0.1) is 27.6 Å². The molecular weight excluding hydrogens is 340 g/mol. The summed E-state index contributed by atoms with van der Waals surface area (Å²) in [5, 5.41) is 17.9. The lowest BCUT2D eigenvalue weighted by Gasteiger charge is -2.07. The standard InChI is InChI=1S/C13H13BrN4O3/c1-7-12(8(2)17(3)16-7)15-13(19)9-5-4-6-10(11(9)14)18(20)21/h4-6H,1-3H3,(H,15,19). The highest BCUT2D eigenvalue weighted by Gasteiger charge is 2.21. The van der Waals surface area contributed by atoms with Gasteiger partial charge in [-0.25, -0.2) is 0 Å². The maximum Gasteiger partial charge on any atom is 0.284 e. The van der Waals surface area contributed by atoms with Crippen LogP contribution < -0.4 is 5.32 Å². The second kappa shape index (κ2) is 5.65. The molecule has 0 bridgehead atoms. The van der Waals surface area contributed by atoms with Crippen molar-refractivity contribution in [2.24, 2.45) is 7.05 Å². The molecule has 0 radical (unpaired) electrons. The van der Waals surface area contributed by atoms with Crippen LogP contribution in [-0.2, 0) is 7.05 Å². The van der Waals surface area contributed by atoms with E-state index in [0.717, 1.165) is 5.69 Å². The van der Waals surface area contributed by atoms with Gasteiger partial charge in [0.25, 0.3) is 11.6 Å². The van der Waals surface area contributed by atoms with Gasteiger partial charge in [-0.15, -0.1) is 0 Å². The summed E-state index contributed by atoms with van der Waals surface area (Å²) < 4.78 is 1.82. The van der Waals surface area contributed by atoms with Crippen LogP contribution in [0.5, 0.6) is 0 Å². The van der Waals surface area contributed by atoms with Gasteiger partial charge in [0, 0.05) is 13.1 Å². The number of rotatable bonds is 3. The Morgan fingerprint density at radius 1 is 1.43 bits per heavy atom. The minimum atomic E-state index is -0.540. The zero-order valence-corrected chi connectivity index (χ0v) is 13.3. The number of amides is 1. The average Bonchev–Trinajstić information content (AvgIpc) is 2.65. The first kappa shape index (κ1) is 15.2. The molecular formula is C13H13BrN4O3. The molecule has 0 atom stereocenters. The van der Waals surface area contributed by atoms with Crippen molar-refractivity contribution in [1.29, 1.82) is 0 Å². The Morgan fingerprint density at radius 2 is 2.10 bits per heavy atom. The van der Waals surface area contributed by atoms with Crippen LogP contribution >= 0.6 is 15.9 Å². The fourth-order valence-electron chi connectivity index (χ4n) is 1.97. The predicted molar refractivity (Wildman–Crippen MR) is 81.4 cm³/mol. The second-order valence-corrected chi connectivity index (χ2v) is 5.31. The zero-order chi connectivity index (χ0) is 15.7. The summed E-state index contributed by atoms with van der Waals surface area (Å²) >= 11 is 3.11. The van der Waals surface area contributed by atoms with E-state index in [-0.39, 0.29) is 15.7 Å². The van der Waals surface area contributed by atoms with E-state index >= 15 is 0 Å². The van der Waals surface area contributed by atoms with Crippen molar-refractivity contribution in [2.45, 2.75) is 13.8 Å². The van der Waals surface area contributed by atoms with E-state index in [1.165, 1.54) is 18.2 Å². The van der Waals surface area contributed by atoms with Gasteiger partial charge < -0.3 is 5.32 Å². The van der Waals surface area contributed by atoms with Crippen molar-refractivity contribution < 1.29 is 9.72 Å². The summed E-state index contributed by atoms with van der Waals surface area (Å²) in [6, 6.07) is 4.33. The van der Waals surface area contributed by atoms with E-state index < -0.39 is 10.8 Å². The van der Waals surface area contributed by atoms with Crippen molar-refractivity contribution >= 4 is 33.2 Å². The number of carbonyl (C=O) groups is 1. The van der Waals surface area contributed by atoms with Gasteiger partial charge >= 0.3 is 0 Å².